The second-order valence-corrected chi connectivity index (χ2v) is 14.0. The molecule has 2 spiro atoms. The quantitative estimate of drug-likeness (QED) is 0.288. The van der Waals surface area contributed by atoms with Gasteiger partial charge in [0, 0.05) is 7.11 Å². The molecule has 0 aromatic heterocycles. The van der Waals surface area contributed by atoms with Crippen molar-refractivity contribution in [1.29, 1.82) is 0 Å². The van der Waals surface area contributed by atoms with Gasteiger partial charge in [-0.25, -0.2) is 4.79 Å². The highest BCUT2D eigenvalue weighted by Crippen LogP contribution is 2.45. The van der Waals surface area contributed by atoms with E-state index in [4.69, 9.17) is 14.2 Å². The van der Waals surface area contributed by atoms with Crippen molar-refractivity contribution in [2.75, 3.05) is 13.7 Å². The lowest BCUT2D eigenvalue weighted by Gasteiger charge is -2.37. The molecular weight excluding hydrogens is 608 g/mol. The Morgan fingerprint density at radius 1 is 0.812 bits per heavy atom. The fraction of sp³-hybridized carbons (Fsp3) is 0.513. The third-order valence-corrected chi connectivity index (χ3v) is 10.5. The van der Waals surface area contributed by atoms with Gasteiger partial charge in [-0.3, -0.25) is 9.59 Å². The van der Waals surface area contributed by atoms with E-state index in [-0.39, 0.29) is 30.3 Å². The molecule has 258 valence electrons. The molecule has 0 bridgehead atoms. The Morgan fingerprint density at radius 2 is 1.31 bits per heavy atom. The summed E-state index contributed by atoms with van der Waals surface area (Å²) in [5, 5.41) is 17.0. The molecular formula is C39H50N2O7. The van der Waals surface area contributed by atoms with E-state index in [2.05, 4.69) is 17.6 Å². The molecule has 9 heteroatoms. The van der Waals surface area contributed by atoms with E-state index in [1.54, 1.807) is 14.0 Å². The number of carbonyl (C=O) groups excluding carboxylic acids is 3. The molecule has 0 unspecified atom stereocenters. The summed E-state index contributed by atoms with van der Waals surface area (Å²) in [4.78, 5) is 37.6. The van der Waals surface area contributed by atoms with Gasteiger partial charge in [-0.15, -0.1) is 0 Å². The molecule has 9 nitrogen and oxygen atoms in total. The lowest BCUT2D eigenvalue weighted by molar-refractivity contribution is -0.117. The van der Waals surface area contributed by atoms with Gasteiger partial charge in [0.25, 0.3) is 11.8 Å². The lowest BCUT2D eigenvalue weighted by Crippen LogP contribution is -2.49. The molecule has 0 atom stereocenters. The van der Waals surface area contributed by atoms with Crippen molar-refractivity contribution in [2.24, 2.45) is 5.92 Å². The van der Waals surface area contributed by atoms with Crippen molar-refractivity contribution >= 4 is 29.1 Å². The van der Waals surface area contributed by atoms with E-state index in [1.165, 1.54) is 0 Å². The van der Waals surface area contributed by atoms with Crippen LogP contribution >= 0.6 is 0 Å². The molecule has 2 aliphatic carbocycles. The van der Waals surface area contributed by atoms with Gasteiger partial charge in [-0.1, -0.05) is 54.4 Å². The average molecular weight is 659 g/mol. The Kier molecular flexibility index (Phi) is 10.4. The fourth-order valence-electron chi connectivity index (χ4n) is 7.54. The molecule has 2 saturated carbocycles. The predicted octanol–water partition coefficient (Wildman–Crippen LogP) is 7.30. The number of aryl methyl sites for hydroxylation is 4. The van der Waals surface area contributed by atoms with Crippen LogP contribution in [0.15, 0.2) is 47.9 Å². The highest BCUT2D eigenvalue weighted by atomic mass is 16.7. The van der Waals surface area contributed by atoms with Gasteiger partial charge in [-0.2, -0.15) is 0 Å². The zero-order valence-corrected chi connectivity index (χ0v) is 29.4. The zero-order valence-electron chi connectivity index (χ0n) is 29.4. The first-order chi connectivity index (χ1) is 22.8. The van der Waals surface area contributed by atoms with Crippen LogP contribution in [0.25, 0.3) is 11.1 Å². The van der Waals surface area contributed by atoms with Crippen LogP contribution in [0.3, 0.4) is 0 Å². The second-order valence-electron chi connectivity index (χ2n) is 14.0. The minimum atomic E-state index is -0.778. The van der Waals surface area contributed by atoms with Crippen molar-refractivity contribution in [2.45, 2.75) is 110 Å². The van der Waals surface area contributed by atoms with Crippen LogP contribution in [0.5, 0.6) is 0 Å². The van der Waals surface area contributed by atoms with Crippen molar-refractivity contribution in [3.8, 4) is 0 Å². The summed E-state index contributed by atoms with van der Waals surface area (Å²) in [5.41, 5.74) is 5.47. The number of aliphatic hydroxyl groups excluding tert-OH is 1. The van der Waals surface area contributed by atoms with Gasteiger partial charge in [0.1, 0.15) is 11.5 Å². The number of ether oxygens (including phenoxy) is 3. The van der Waals surface area contributed by atoms with Crippen molar-refractivity contribution in [1.82, 2.24) is 10.6 Å². The number of hydrogen-bond donors (Lipinski definition) is 3. The highest BCUT2D eigenvalue weighted by molar-refractivity contribution is 6.24. The fourth-order valence-corrected chi connectivity index (χ4v) is 7.54. The Bertz CT molecular complexity index is 1640. The summed E-state index contributed by atoms with van der Waals surface area (Å²) < 4.78 is 16.1. The summed E-state index contributed by atoms with van der Waals surface area (Å²) >= 11 is 0. The van der Waals surface area contributed by atoms with E-state index < -0.39 is 17.2 Å². The SMILES string of the molecule is CCOC(=O)OC1=C(c2cc(C)ccc2C)C(=O)NC12CCC(OC)CC2.Cc1ccc(C)c(C2=C(O)C3(CCC(C)CC3)NC2=O)c1. The van der Waals surface area contributed by atoms with E-state index >= 15 is 0 Å². The monoisotopic (exact) mass is 658 g/mol. The number of methoxy groups -OCH3 is 1. The molecule has 4 aliphatic rings. The number of hydrogen-bond acceptors (Lipinski definition) is 7. The minimum Gasteiger partial charge on any atom is -0.509 e. The molecule has 2 heterocycles. The number of benzene rings is 2. The van der Waals surface area contributed by atoms with E-state index in [1.807, 2.05) is 64.1 Å². The molecule has 2 aromatic rings. The predicted molar refractivity (Wildman–Crippen MR) is 185 cm³/mol. The molecule has 2 fully saturated rings. The molecule has 2 aromatic carbocycles. The van der Waals surface area contributed by atoms with Crippen LogP contribution < -0.4 is 10.6 Å². The number of rotatable bonds is 5. The average Bonchev–Trinajstić information content (AvgIpc) is 3.45. The number of aliphatic hydroxyl groups is 1. The highest BCUT2D eigenvalue weighted by Gasteiger charge is 2.51. The zero-order chi connectivity index (χ0) is 34.8. The largest absolute Gasteiger partial charge is 0.513 e. The lowest BCUT2D eigenvalue weighted by atomic mass is 9.76. The van der Waals surface area contributed by atoms with Crippen molar-refractivity contribution in [3.05, 3.63) is 81.3 Å². The topological polar surface area (TPSA) is 123 Å². The van der Waals surface area contributed by atoms with Crippen LogP contribution in [0.4, 0.5) is 4.79 Å². The first-order valence-electron chi connectivity index (χ1n) is 17.2. The number of amides is 2. The van der Waals surface area contributed by atoms with Crippen molar-refractivity contribution in [3.63, 3.8) is 0 Å². The first kappa shape index (κ1) is 35.2. The minimum absolute atomic E-state index is 0.129. The molecule has 48 heavy (non-hydrogen) atoms. The first-order valence-corrected chi connectivity index (χ1v) is 17.2. The Hall–Kier alpha value is -4.11. The van der Waals surface area contributed by atoms with Gasteiger partial charge in [-0.05, 0) is 114 Å². The van der Waals surface area contributed by atoms with Crippen LogP contribution in [-0.2, 0) is 23.8 Å². The van der Waals surface area contributed by atoms with Gasteiger partial charge in [0.05, 0.1) is 34.9 Å². The number of nitrogens with one attached hydrogen (secondary N) is 2. The number of carbonyl (C=O) groups is 3. The molecule has 0 saturated heterocycles. The summed E-state index contributed by atoms with van der Waals surface area (Å²) in [6.07, 6.45) is 6.01. The van der Waals surface area contributed by atoms with Gasteiger partial charge in [0.2, 0.25) is 0 Å². The Labute approximate surface area is 284 Å². The van der Waals surface area contributed by atoms with Gasteiger partial charge < -0.3 is 30.0 Å². The van der Waals surface area contributed by atoms with Crippen LogP contribution in [-0.4, -0.2) is 54.0 Å². The molecule has 6 rings (SSSR count). The molecule has 2 aliphatic heterocycles. The molecule has 3 N–H and O–H groups in total. The van der Waals surface area contributed by atoms with Crippen LogP contribution in [0.1, 0.15) is 98.6 Å². The standard InChI is InChI=1S/C21H27NO5.C18H23NO2/c1-5-26-20(24)27-18-17(16-12-13(2)6-7-14(16)3)19(23)22-21(18)10-8-15(25-4)9-11-21;1-11-6-8-18(9-7-11)16(20)15(17(21)19-18)14-10-12(2)4-5-13(14)3/h6-7,12,15H,5,8-11H2,1-4H3,(H,22,23);4-5,10-11,20H,6-9H2,1-3H3,(H,19,21). The van der Waals surface area contributed by atoms with E-state index in [9.17, 15) is 19.5 Å². The van der Waals surface area contributed by atoms with E-state index in [0.29, 0.717) is 35.7 Å². The molecule has 0 radical (unpaired) electrons. The van der Waals surface area contributed by atoms with Crippen molar-refractivity contribution < 1.29 is 33.7 Å². The Morgan fingerprint density at radius 3 is 1.85 bits per heavy atom. The Balaban J connectivity index is 0.000000194. The van der Waals surface area contributed by atoms with Gasteiger partial charge in [0.15, 0.2) is 0 Å². The maximum atomic E-state index is 13.0. The summed E-state index contributed by atoms with van der Waals surface area (Å²) in [6.45, 7) is 12.1. The third-order valence-electron chi connectivity index (χ3n) is 10.5. The summed E-state index contributed by atoms with van der Waals surface area (Å²) in [5.74, 6) is 0.974. The maximum Gasteiger partial charge on any atom is 0.513 e. The van der Waals surface area contributed by atoms with Crippen LogP contribution in [0, 0.1) is 33.6 Å². The van der Waals surface area contributed by atoms with Gasteiger partial charge >= 0.3 is 6.16 Å². The van der Waals surface area contributed by atoms with E-state index in [0.717, 1.165) is 71.9 Å². The van der Waals surface area contributed by atoms with Crippen LogP contribution in [0.2, 0.25) is 0 Å². The normalized spacial score (nSPS) is 26.7. The molecule has 2 amide bonds. The summed E-state index contributed by atoms with van der Waals surface area (Å²) in [7, 11) is 1.70. The third kappa shape index (κ3) is 6.88. The second kappa shape index (κ2) is 14.2. The summed E-state index contributed by atoms with van der Waals surface area (Å²) in [6, 6.07) is 12.0. The smallest absolute Gasteiger partial charge is 0.509 e. The maximum absolute atomic E-state index is 13.0.